The average molecular weight is 494 g/mol. The third kappa shape index (κ3) is 6.13. The van der Waals surface area contributed by atoms with Crippen LogP contribution in [0.4, 0.5) is 10.2 Å². The van der Waals surface area contributed by atoms with Gasteiger partial charge in [-0.2, -0.15) is 0 Å². The zero-order chi connectivity index (χ0) is 25.7. The number of benzene rings is 2. The highest BCUT2D eigenvalue weighted by Crippen LogP contribution is 2.30. The fourth-order valence-corrected chi connectivity index (χ4v) is 4.86. The maximum absolute atomic E-state index is 13.4. The number of carbonyl (C=O) groups is 1. The van der Waals surface area contributed by atoms with Gasteiger partial charge in [-0.25, -0.2) is 9.37 Å². The smallest absolute Gasteiger partial charge is 0.225 e. The number of aromatic nitrogens is 1. The zero-order valence-electron chi connectivity index (χ0n) is 21.4. The third-order valence-corrected chi connectivity index (χ3v) is 6.91. The minimum atomic E-state index is -0.264. The molecule has 3 aromatic rings. The topological polar surface area (TPSA) is 65.9 Å². The molecule has 2 aromatic carbocycles. The Morgan fingerprint density at radius 1 is 1.22 bits per heavy atom. The van der Waals surface area contributed by atoms with Gasteiger partial charge in [0.25, 0.3) is 0 Å². The molecule has 0 saturated carbocycles. The number of hydrogen-bond donors (Lipinski definition) is 1. The number of aliphatic hydroxyl groups is 1. The van der Waals surface area contributed by atoms with E-state index in [1.807, 2.05) is 36.9 Å². The van der Waals surface area contributed by atoms with Crippen LogP contribution >= 0.6 is 0 Å². The summed E-state index contributed by atoms with van der Waals surface area (Å²) >= 11 is 0. The number of rotatable bonds is 9. The fourth-order valence-electron chi connectivity index (χ4n) is 4.86. The van der Waals surface area contributed by atoms with Crippen LogP contribution < -0.4 is 9.64 Å². The van der Waals surface area contributed by atoms with Crippen molar-refractivity contribution in [3.8, 4) is 5.75 Å². The molecule has 1 fully saturated rings. The van der Waals surface area contributed by atoms with Gasteiger partial charge in [0.1, 0.15) is 17.4 Å². The predicted octanol–water partition coefficient (Wildman–Crippen LogP) is 4.82. The lowest BCUT2D eigenvalue weighted by Crippen LogP contribution is -2.39. The summed E-state index contributed by atoms with van der Waals surface area (Å²) in [5.41, 5.74) is 2.82. The number of amides is 1. The normalized spacial score (nSPS) is 15.9. The molecular formula is C29H36FN3O3. The summed E-state index contributed by atoms with van der Waals surface area (Å²) in [5, 5.41) is 10.8. The SMILES string of the molecule is COc1ccc2cc(CN(CCc3ccc(F)cc3)C(=O)C(C)C)c(N3CCCC(CO)C3)nc2c1. The number of pyridine rings is 1. The molecule has 1 atom stereocenters. The van der Waals surface area contributed by atoms with Crippen LogP contribution in [-0.4, -0.2) is 54.2 Å². The summed E-state index contributed by atoms with van der Waals surface area (Å²) in [6.45, 7) is 6.54. The number of fused-ring (bicyclic) bond motifs is 1. The van der Waals surface area contributed by atoms with Gasteiger partial charge in [0.05, 0.1) is 12.6 Å². The molecule has 1 aliphatic heterocycles. The van der Waals surface area contributed by atoms with Crippen molar-refractivity contribution in [2.75, 3.05) is 38.3 Å². The van der Waals surface area contributed by atoms with Crippen molar-refractivity contribution in [1.29, 1.82) is 0 Å². The van der Waals surface area contributed by atoms with E-state index in [0.717, 1.165) is 59.5 Å². The lowest BCUT2D eigenvalue weighted by Gasteiger charge is -2.35. The molecule has 1 aromatic heterocycles. The number of halogens is 1. The average Bonchev–Trinajstić information content (AvgIpc) is 2.90. The van der Waals surface area contributed by atoms with E-state index in [-0.39, 0.29) is 30.2 Å². The van der Waals surface area contributed by atoms with Gasteiger partial charge in [0.15, 0.2) is 0 Å². The first-order chi connectivity index (χ1) is 17.4. The van der Waals surface area contributed by atoms with Crippen LogP contribution in [0.3, 0.4) is 0 Å². The Hall–Kier alpha value is -3.19. The first-order valence-electron chi connectivity index (χ1n) is 12.7. The number of aliphatic hydroxyl groups excluding tert-OH is 1. The Morgan fingerprint density at radius 3 is 2.69 bits per heavy atom. The molecule has 1 unspecified atom stereocenters. The molecule has 2 heterocycles. The van der Waals surface area contributed by atoms with E-state index in [4.69, 9.17) is 9.72 Å². The van der Waals surface area contributed by atoms with Crippen LogP contribution in [-0.2, 0) is 17.8 Å². The Balaban J connectivity index is 1.68. The second-order valence-corrected chi connectivity index (χ2v) is 9.96. The van der Waals surface area contributed by atoms with Crippen LogP contribution in [0.15, 0.2) is 48.5 Å². The molecular weight excluding hydrogens is 457 g/mol. The standard InChI is InChI=1S/C29H36FN3O3/c1-20(2)29(35)33(14-12-21-6-9-25(30)10-7-21)18-24-15-23-8-11-26(36-3)16-27(23)31-28(24)32-13-4-5-22(17-32)19-34/h6-11,15-16,20,22,34H,4-5,12-14,17-19H2,1-3H3. The second-order valence-electron chi connectivity index (χ2n) is 9.96. The molecule has 1 amide bonds. The van der Waals surface area contributed by atoms with E-state index in [1.165, 1.54) is 12.1 Å². The zero-order valence-corrected chi connectivity index (χ0v) is 21.4. The van der Waals surface area contributed by atoms with Crippen LogP contribution in [0.1, 0.15) is 37.8 Å². The second kappa shape index (κ2) is 11.7. The summed E-state index contributed by atoms with van der Waals surface area (Å²) < 4.78 is 18.8. The highest BCUT2D eigenvalue weighted by atomic mass is 19.1. The van der Waals surface area contributed by atoms with Gasteiger partial charge in [-0.1, -0.05) is 26.0 Å². The van der Waals surface area contributed by atoms with Crippen molar-refractivity contribution in [3.63, 3.8) is 0 Å². The predicted molar refractivity (Wildman–Crippen MR) is 141 cm³/mol. The molecule has 7 heteroatoms. The first kappa shape index (κ1) is 25.9. The van der Waals surface area contributed by atoms with Crippen LogP contribution in [0.5, 0.6) is 5.75 Å². The minimum absolute atomic E-state index is 0.0739. The number of methoxy groups -OCH3 is 1. The first-order valence-corrected chi connectivity index (χ1v) is 12.7. The maximum atomic E-state index is 13.4. The quantitative estimate of drug-likeness (QED) is 0.463. The Morgan fingerprint density at radius 2 is 2.00 bits per heavy atom. The summed E-state index contributed by atoms with van der Waals surface area (Å²) in [6, 6.07) is 14.4. The van der Waals surface area contributed by atoms with Gasteiger partial charge in [-0.15, -0.1) is 0 Å². The Bertz CT molecular complexity index is 1180. The van der Waals surface area contributed by atoms with Crippen molar-refractivity contribution in [3.05, 3.63) is 65.5 Å². The van der Waals surface area contributed by atoms with Crippen LogP contribution in [0.2, 0.25) is 0 Å². The molecule has 192 valence electrons. The molecule has 0 bridgehead atoms. The van der Waals surface area contributed by atoms with Gasteiger partial charge in [-0.3, -0.25) is 4.79 Å². The maximum Gasteiger partial charge on any atom is 0.225 e. The number of anilines is 1. The Kier molecular flexibility index (Phi) is 8.41. The summed E-state index contributed by atoms with van der Waals surface area (Å²) in [5.74, 6) is 1.48. The van der Waals surface area contributed by atoms with Crippen LogP contribution in [0.25, 0.3) is 10.9 Å². The van der Waals surface area contributed by atoms with Gasteiger partial charge >= 0.3 is 0 Å². The van der Waals surface area contributed by atoms with E-state index in [0.29, 0.717) is 19.5 Å². The molecule has 4 rings (SSSR count). The summed E-state index contributed by atoms with van der Waals surface area (Å²) in [4.78, 5) is 22.4. The number of carbonyl (C=O) groups excluding carboxylic acids is 1. The van der Waals surface area contributed by atoms with Gasteiger partial charge in [0.2, 0.25) is 5.91 Å². The molecule has 36 heavy (non-hydrogen) atoms. The number of ether oxygens (including phenoxy) is 1. The van der Waals surface area contributed by atoms with E-state index < -0.39 is 0 Å². The number of hydrogen-bond acceptors (Lipinski definition) is 5. The van der Waals surface area contributed by atoms with E-state index in [1.54, 1.807) is 19.2 Å². The van der Waals surface area contributed by atoms with Crippen molar-refractivity contribution < 1.29 is 19.0 Å². The number of piperidine rings is 1. The van der Waals surface area contributed by atoms with Crippen molar-refractivity contribution in [2.45, 2.75) is 39.7 Å². The van der Waals surface area contributed by atoms with Gasteiger partial charge in [0, 0.05) is 55.7 Å². The van der Waals surface area contributed by atoms with E-state index in [9.17, 15) is 14.3 Å². The molecule has 1 N–H and O–H groups in total. The highest BCUT2D eigenvalue weighted by molar-refractivity contribution is 5.84. The molecule has 0 spiro atoms. The largest absolute Gasteiger partial charge is 0.497 e. The fraction of sp³-hybridized carbons (Fsp3) is 0.448. The minimum Gasteiger partial charge on any atom is -0.497 e. The summed E-state index contributed by atoms with van der Waals surface area (Å²) in [6.07, 6.45) is 2.63. The lowest BCUT2D eigenvalue weighted by molar-refractivity contribution is -0.135. The molecule has 6 nitrogen and oxygen atoms in total. The van der Waals surface area contributed by atoms with Gasteiger partial charge < -0.3 is 19.6 Å². The Labute approximate surface area is 212 Å². The summed E-state index contributed by atoms with van der Waals surface area (Å²) in [7, 11) is 1.64. The van der Waals surface area contributed by atoms with Gasteiger partial charge in [-0.05, 0) is 61.1 Å². The third-order valence-electron chi connectivity index (χ3n) is 6.91. The van der Waals surface area contributed by atoms with Crippen molar-refractivity contribution >= 4 is 22.6 Å². The monoisotopic (exact) mass is 493 g/mol. The molecule has 0 radical (unpaired) electrons. The lowest BCUT2D eigenvalue weighted by atomic mass is 9.98. The molecule has 1 aliphatic rings. The highest BCUT2D eigenvalue weighted by Gasteiger charge is 2.25. The molecule has 1 saturated heterocycles. The van der Waals surface area contributed by atoms with Crippen LogP contribution in [0, 0.1) is 17.7 Å². The van der Waals surface area contributed by atoms with Crippen molar-refractivity contribution in [2.24, 2.45) is 11.8 Å². The molecule has 0 aliphatic carbocycles. The van der Waals surface area contributed by atoms with E-state index >= 15 is 0 Å². The van der Waals surface area contributed by atoms with E-state index in [2.05, 4.69) is 11.0 Å². The van der Waals surface area contributed by atoms with Crippen molar-refractivity contribution in [1.82, 2.24) is 9.88 Å². The number of nitrogens with zero attached hydrogens (tertiary/aromatic N) is 3.